The molecular weight excluding hydrogens is 457 g/mol. The highest BCUT2D eigenvalue weighted by atomic mass is 35.5. The van der Waals surface area contributed by atoms with Gasteiger partial charge < -0.3 is 9.88 Å². The van der Waals surface area contributed by atoms with E-state index in [-0.39, 0.29) is 11.4 Å². The van der Waals surface area contributed by atoms with Gasteiger partial charge in [0.2, 0.25) is 0 Å². The molecule has 11 heteroatoms. The molecule has 2 aromatic carbocycles. The molecule has 1 unspecified atom stereocenters. The van der Waals surface area contributed by atoms with E-state index >= 15 is 0 Å². The molecule has 7 nitrogen and oxygen atoms in total. The second-order valence-electron chi connectivity index (χ2n) is 8.10. The molecule has 1 saturated heterocycles. The largest absolute Gasteiger partial charge is 0.417 e. The first-order chi connectivity index (χ1) is 15.7. The van der Waals surface area contributed by atoms with Gasteiger partial charge in [0.15, 0.2) is 0 Å². The van der Waals surface area contributed by atoms with Crippen LogP contribution >= 0.6 is 11.6 Å². The lowest BCUT2D eigenvalue weighted by atomic mass is 9.97. The predicted octanol–water partition coefficient (Wildman–Crippen LogP) is 4.97. The average molecular weight is 475 g/mol. The summed E-state index contributed by atoms with van der Waals surface area (Å²) in [7, 11) is 0. The van der Waals surface area contributed by atoms with Gasteiger partial charge in [0, 0.05) is 6.54 Å². The van der Waals surface area contributed by atoms with Gasteiger partial charge in [-0.1, -0.05) is 23.7 Å². The van der Waals surface area contributed by atoms with Crippen LogP contribution < -0.4 is 0 Å². The number of nitrogens with one attached hydrogen (secondary N) is 1. The average Bonchev–Trinajstić information content (AvgIpc) is 3.52. The molecule has 1 fully saturated rings. The summed E-state index contributed by atoms with van der Waals surface area (Å²) in [5, 5.41) is 7.84. The van der Waals surface area contributed by atoms with Crippen LogP contribution in [0.3, 0.4) is 0 Å². The number of nitrogens with zero attached hydrogens (tertiary/aromatic N) is 5. The topological polar surface area (TPSA) is 79.7 Å². The van der Waals surface area contributed by atoms with Crippen molar-refractivity contribution in [1.82, 2.24) is 29.9 Å². The van der Waals surface area contributed by atoms with Gasteiger partial charge in [-0.2, -0.15) is 28.2 Å². The third-order valence-electron chi connectivity index (χ3n) is 6.04. The molecule has 5 rings (SSSR count). The molecule has 0 aliphatic carbocycles. The lowest BCUT2D eigenvalue weighted by Crippen LogP contribution is -2.44. The van der Waals surface area contributed by atoms with Gasteiger partial charge in [-0.05, 0) is 44.0 Å². The number of halogens is 4. The van der Waals surface area contributed by atoms with E-state index in [1.54, 1.807) is 29.2 Å². The van der Waals surface area contributed by atoms with Gasteiger partial charge in [0.05, 0.1) is 50.8 Å². The Morgan fingerprint density at radius 2 is 1.91 bits per heavy atom. The molecule has 1 atom stereocenters. The summed E-state index contributed by atoms with van der Waals surface area (Å²) in [5.41, 5.74) is -0.301. The molecule has 0 spiro atoms. The number of para-hydroxylation sites is 1. The third-order valence-corrected chi connectivity index (χ3v) is 6.35. The van der Waals surface area contributed by atoms with Crippen LogP contribution in [0.4, 0.5) is 13.2 Å². The zero-order chi connectivity index (χ0) is 23.4. The Hall–Kier alpha value is -3.40. The Morgan fingerprint density at radius 1 is 1.18 bits per heavy atom. The number of benzene rings is 2. The minimum Gasteiger partial charge on any atom is -0.340 e. The summed E-state index contributed by atoms with van der Waals surface area (Å²) in [5.74, 6) is 0.172. The van der Waals surface area contributed by atoms with Crippen LogP contribution in [0.5, 0.6) is 0 Å². The monoisotopic (exact) mass is 474 g/mol. The van der Waals surface area contributed by atoms with Crippen LogP contribution in [0.2, 0.25) is 5.02 Å². The highest BCUT2D eigenvalue weighted by Crippen LogP contribution is 2.41. The Morgan fingerprint density at radius 3 is 2.64 bits per heavy atom. The van der Waals surface area contributed by atoms with Gasteiger partial charge in [0.1, 0.15) is 5.82 Å². The van der Waals surface area contributed by atoms with Crippen molar-refractivity contribution in [3.05, 3.63) is 70.8 Å². The van der Waals surface area contributed by atoms with E-state index in [0.29, 0.717) is 35.6 Å². The molecule has 1 aliphatic heterocycles. The number of carbonyl (C=O) groups excluding carboxylic acids is 1. The van der Waals surface area contributed by atoms with Crippen molar-refractivity contribution in [3.8, 4) is 5.69 Å². The van der Waals surface area contributed by atoms with E-state index in [1.807, 2.05) is 6.92 Å². The van der Waals surface area contributed by atoms with Crippen molar-refractivity contribution in [2.45, 2.75) is 31.5 Å². The Labute approximate surface area is 191 Å². The van der Waals surface area contributed by atoms with Crippen LogP contribution in [-0.2, 0) is 11.7 Å². The minimum absolute atomic E-state index is 0.211. The summed E-state index contributed by atoms with van der Waals surface area (Å²) in [4.78, 5) is 24.2. The number of aromatic amines is 1. The van der Waals surface area contributed by atoms with Gasteiger partial charge in [0.25, 0.3) is 5.91 Å². The van der Waals surface area contributed by atoms with Gasteiger partial charge in [-0.3, -0.25) is 4.79 Å². The van der Waals surface area contributed by atoms with Crippen molar-refractivity contribution >= 4 is 28.5 Å². The van der Waals surface area contributed by atoms with Crippen LogP contribution in [0.15, 0.2) is 48.8 Å². The Balaban J connectivity index is 1.56. The number of hydrogen-bond donors (Lipinski definition) is 1. The van der Waals surface area contributed by atoms with Crippen LogP contribution in [0.1, 0.15) is 41.5 Å². The fraction of sp³-hybridized carbons (Fsp3) is 0.273. The van der Waals surface area contributed by atoms with Crippen LogP contribution in [-0.4, -0.2) is 42.3 Å². The lowest BCUT2D eigenvalue weighted by Gasteiger charge is -2.34. The zero-order valence-electron chi connectivity index (χ0n) is 17.4. The molecular formula is C22H18ClF3N6O. The predicted molar refractivity (Wildman–Crippen MR) is 115 cm³/mol. The first kappa shape index (κ1) is 21.4. The maximum absolute atomic E-state index is 13.7. The molecule has 1 N–H and O–H groups in total. The number of aromatic nitrogens is 5. The third kappa shape index (κ3) is 3.54. The SMILES string of the molecule is CC1(c2nc3cc(Cl)c(C(F)(F)F)cc3[nH]2)CCCN1C(=O)c1ccccc1-n1nccn1. The second-order valence-corrected chi connectivity index (χ2v) is 8.51. The number of imidazole rings is 1. The smallest absolute Gasteiger partial charge is 0.340 e. The summed E-state index contributed by atoms with van der Waals surface area (Å²) in [6.07, 6.45) is -0.220. The molecule has 4 aromatic rings. The summed E-state index contributed by atoms with van der Waals surface area (Å²) < 4.78 is 39.9. The molecule has 1 amide bonds. The number of likely N-dealkylation sites (tertiary alicyclic amines) is 1. The normalized spacial score (nSPS) is 18.9. The number of carbonyl (C=O) groups is 1. The molecule has 0 bridgehead atoms. The van der Waals surface area contributed by atoms with Crippen molar-refractivity contribution < 1.29 is 18.0 Å². The summed E-state index contributed by atoms with van der Waals surface area (Å²) >= 11 is 5.86. The summed E-state index contributed by atoms with van der Waals surface area (Å²) in [6.45, 7) is 2.33. The first-order valence-electron chi connectivity index (χ1n) is 10.2. The fourth-order valence-electron chi connectivity index (χ4n) is 4.35. The first-order valence-corrected chi connectivity index (χ1v) is 10.6. The maximum Gasteiger partial charge on any atom is 0.417 e. The number of amides is 1. The quantitative estimate of drug-likeness (QED) is 0.455. The van der Waals surface area contributed by atoms with E-state index in [1.165, 1.54) is 23.3 Å². The molecule has 33 heavy (non-hydrogen) atoms. The Kier molecular flexibility index (Phi) is 4.93. The van der Waals surface area contributed by atoms with E-state index in [4.69, 9.17) is 11.6 Å². The molecule has 1 aliphatic rings. The standard InChI is InChI=1S/C22H18ClF3N6O/c1-21(20-29-16-11-14(22(24,25)26)15(23)12-17(16)30-20)7-4-10-31(21)19(33)13-5-2-3-6-18(13)32-27-8-9-28-32/h2-3,5-6,8-9,11-12H,4,7,10H2,1H3,(H,29,30). The highest BCUT2D eigenvalue weighted by molar-refractivity contribution is 6.32. The van der Waals surface area contributed by atoms with Crippen molar-refractivity contribution in [1.29, 1.82) is 0 Å². The molecule has 170 valence electrons. The molecule has 2 aromatic heterocycles. The van der Waals surface area contributed by atoms with Crippen molar-refractivity contribution in [2.75, 3.05) is 6.54 Å². The molecule has 0 radical (unpaired) electrons. The summed E-state index contributed by atoms with van der Waals surface area (Å²) in [6, 6.07) is 9.16. The van der Waals surface area contributed by atoms with Gasteiger partial charge in [-0.15, -0.1) is 0 Å². The maximum atomic E-state index is 13.7. The van der Waals surface area contributed by atoms with Gasteiger partial charge >= 0.3 is 6.18 Å². The molecule has 3 heterocycles. The Bertz CT molecular complexity index is 1350. The minimum atomic E-state index is -4.58. The number of alkyl halides is 3. The zero-order valence-corrected chi connectivity index (χ0v) is 18.2. The number of H-pyrrole nitrogens is 1. The molecule has 0 saturated carbocycles. The van der Waals surface area contributed by atoms with Gasteiger partial charge in [-0.25, -0.2) is 4.98 Å². The van der Waals surface area contributed by atoms with Crippen molar-refractivity contribution in [3.63, 3.8) is 0 Å². The van der Waals surface area contributed by atoms with Crippen LogP contribution in [0.25, 0.3) is 16.7 Å². The van der Waals surface area contributed by atoms with E-state index in [2.05, 4.69) is 20.2 Å². The second kappa shape index (κ2) is 7.58. The van der Waals surface area contributed by atoms with E-state index in [9.17, 15) is 18.0 Å². The van der Waals surface area contributed by atoms with Crippen LogP contribution in [0, 0.1) is 0 Å². The lowest BCUT2D eigenvalue weighted by molar-refractivity contribution is -0.137. The van der Waals surface area contributed by atoms with Crippen molar-refractivity contribution in [2.24, 2.45) is 0 Å². The highest BCUT2D eigenvalue weighted by Gasteiger charge is 2.44. The number of rotatable bonds is 3. The van der Waals surface area contributed by atoms with E-state index in [0.717, 1.165) is 12.5 Å². The van der Waals surface area contributed by atoms with E-state index < -0.39 is 22.3 Å². The number of hydrogen-bond acceptors (Lipinski definition) is 4. The fourth-order valence-corrected chi connectivity index (χ4v) is 4.62. The number of fused-ring (bicyclic) bond motifs is 1.